The first kappa shape index (κ1) is 17.1. The largest absolute Gasteiger partial charge is 0.496 e. The van der Waals surface area contributed by atoms with E-state index in [2.05, 4.69) is 21.0 Å². The number of ketones is 1. The maximum absolute atomic E-state index is 12.8. The van der Waals surface area contributed by atoms with E-state index in [1.54, 1.807) is 19.5 Å². The Kier molecular flexibility index (Phi) is 4.32. The van der Waals surface area contributed by atoms with Crippen LogP contribution in [-0.4, -0.2) is 27.8 Å². The van der Waals surface area contributed by atoms with Crippen LogP contribution in [0.25, 0.3) is 11.1 Å². The highest BCUT2D eigenvalue weighted by atomic mass is 16.5. The highest BCUT2D eigenvalue weighted by Crippen LogP contribution is 2.40. The molecule has 0 saturated carbocycles. The number of aromatic nitrogens is 3. The molecule has 0 fully saturated rings. The molecule has 6 heteroatoms. The van der Waals surface area contributed by atoms with E-state index in [4.69, 9.17) is 10.5 Å². The second-order valence-electron chi connectivity index (χ2n) is 6.68. The lowest BCUT2D eigenvalue weighted by Gasteiger charge is -2.26. The minimum Gasteiger partial charge on any atom is -0.496 e. The number of nitrogens with two attached hydrogens (primary N) is 1. The molecule has 0 spiro atoms. The van der Waals surface area contributed by atoms with Crippen LogP contribution in [0, 0.1) is 6.92 Å². The molecular formula is C21H20N4O2. The summed E-state index contributed by atoms with van der Waals surface area (Å²) in [7, 11) is 1.64. The van der Waals surface area contributed by atoms with Crippen molar-refractivity contribution in [2.45, 2.75) is 25.7 Å². The summed E-state index contributed by atoms with van der Waals surface area (Å²) in [5.74, 6) is 1.04. The number of benzene rings is 1. The van der Waals surface area contributed by atoms with Gasteiger partial charge in [-0.25, -0.2) is 9.97 Å². The van der Waals surface area contributed by atoms with E-state index in [-0.39, 0.29) is 17.6 Å². The number of pyridine rings is 1. The second kappa shape index (κ2) is 6.79. The molecule has 1 atom stereocenters. The van der Waals surface area contributed by atoms with E-state index in [9.17, 15) is 4.79 Å². The topological polar surface area (TPSA) is 91.0 Å². The van der Waals surface area contributed by atoms with Crippen molar-refractivity contribution in [3.8, 4) is 16.9 Å². The van der Waals surface area contributed by atoms with Crippen LogP contribution in [0.3, 0.4) is 0 Å². The minimum absolute atomic E-state index is 0.0137. The molecule has 27 heavy (non-hydrogen) atoms. The van der Waals surface area contributed by atoms with Crippen molar-refractivity contribution in [3.05, 3.63) is 65.2 Å². The van der Waals surface area contributed by atoms with E-state index < -0.39 is 0 Å². The molecule has 0 amide bonds. The van der Waals surface area contributed by atoms with Crippen LogP contribution in [-0.2, 0) is 6.42 Å². The summed E-state index contributed by atoms with van der Waals surface area (Å²) in [6, 6.07) is 9.90. The highest BCUT2D eigenvalue weighted by Gasteiger charge is 2.31. The lowest BCUT2D eigenvalue weighted by atomic mass is 9.79. The van der Waals surface area contributed by atoms with Crippen LogP contribution in [0.5, 0.6) is 5.75 Å². The fourth-order valence-corrected chi connectivity index (χ4v) is 3.88. The van der Waals surface area contributed by atoms with Crippen molar-refractivity contribution in [2.75, 3.05) is 12.8 Å². The average Bonchev–Trinajstić information content (AvgIpc) is 2.67. The summed E-state index contributed by atoms with van der Waals surface area (Å²) < 4.78 is 5.51. The van der Waals surface area contributed by atoms with Gasteiger partial charge in [-0.05, 0) is 36.5 Å². The van der Waals surface area contributed by atoms with Crippen molar-refractivity contribution >= 4 is 11.7 Å². The van der Waals surface area contributed by atoms with Crippen molar-refractivity contribution in [2.24, 2.45) is 0 Å². The average molecular weight is 360 g/mol. The second-order valence-corrected chi connectivity index (χ2v) is 6.68. The fraction of sp³-hybridized carbons (Fsp3) is 0.238. The van der Waals surface area contributed by atoms with Crippen LogP contribution in [0.4, 0.5) is 5.95 Å². The molecule has 3 aromatic rings. The number of rotatable bonds is 3. The third-order valence-electron chi connectivity index (χ3n) is 5.02. The van der Waals surface area contributed by atoms with Gasteiger partial charge in [0.15, 0.2) is 5.78 Å². The monoisotopic (exact) mass is 360 g/mol. The SMILES string of the molecule is COc1ccncc1-c1ccccc1C1CC(=O)c2c(C)nc(N)nc2C1. The Labute approximate surface area is 157 Å². The van der Waals surface area contributed by atoms with Crippen LogP contribution in [0.15, 0.2) is 42.7 Å². The summed E-state index contributed by atoms with van der Waals surface area (Å²) in [5, 5.41) is 0. The van der Waals surface area contributed by atoms with Crippen molar-refractivity contribution in [3.63, 3.8) is 0 Å². The smallest absolute Gasteiger partial charge is 0.220 e. The Hall–Kier alpha value is -3.28. The van der Waals surface area contributed by atoms with Gasteiger partial charge in [-0.15, -0.1) is 0 Å². The van der Waals surface area contributed by atoms with Gasteiger partial charge in [0.25, 0.3) is 0 Å². The van der Waals surface area contributed by atoms with Gasteiger partial charge >= 0.3 is 0 Å². The molecule has 2 aromatic heterocycles. The lowest BCUT2D eigenvalue weighted by Crippen LogP contribution is -2.23. The van der Waals surface area contributed by atoms with Gasteiger partial charge in [-0.3, -0.25) is 9.78 Å². The van der Waals surface area contributed by atoms with Crippen LogP contribution < -0.4 is 10.5 Å². The fourth-order valence-electron chi connectivity index (χ4n) is 3.88. The Morgan fingerprint density at radius 1 is 1.11 bits per heavy atom. The van der Waals surface area contributed by atoms with Gasteiger partial charge in [0.2, 0.25) is 5.95 Å². The van der Waals surface area contributed by atoms with E-state index in [1.807, 2.05) is 31.2 Å². The standard InChI is InChI=1S/C21H20N4O2/c1-12-20-17(25-21(22)24-12)9-13(10-18(20)26)14-5-3-4-6-15(14)16-11-23-8-7-19(16)27-2/h3-8,11,13H,9-10H2,1-2H3,(H2,22,24,25). The zero-order chi connectivity index (χ0) is 19.0. The van der Waals surface area contributed by atoms with Crippen molar-refractivity contribution < 1.29 is 9.53 Å². The number of ether oxygens (including phenoxy) is 1. The third kappa shape index (κ3) is 3.03. The number of methoxy groups -OCH3 is 1. The number of fused-ring (bicyclic) bond motifs is 1. The Bertz CT molecular complexity index is 1030. The quantitative estimate of drug-likeness (QED) is 0.770. The van der Waals surface area contributed by atoms with E-state index >= 15 is 0 Å². The minimum atomic E-state index is 0.0137. The zero-order valence-corrected chi connectivity index (χ0v) is 15.3. The number of aryl methyl sites for hydroxylation is 1. The van der Waals surface area contributed by atoms with Gasteiger partial charge in [-0.1, -0.05) is 24.3 Å². The molecule has 2 heterocycles. The first-order valence-corrected chi connectivity index (χ1v) is 8.82. The number of carbonyl (C=O) groups is 1. The molecule has 2 N–H and O–H groups in total. The maximum Gasteiger partial charge on any atom is 0.220 e. The van der Waals surface area contributed by atoms with Gasteiger partial charge in [0, 0.05) is 24.4 Å². The molecule has 1 aliphatic rings. The summed E-state index contributed by atoms with van der Waals surface area (Å²) in [5.41, 5.74) is 10.8. The molecule has 136 valence electrons. The van der Waals surface area contributed by atoms with E-state index in [0.29, 0.717) is 24.1 Å². The first-order chi connectivity index (χ1) is 13.1. The number of nitrogen functional groups attached to an aromatic ring is 1. The van der Waals surface area contributed by atoms with Crippen molar-refractivity contribution in [1.29, 1.82) is 0 Å². The molecule has 1 aliphatic carbocycles. The zero-order valence-electron chi connectivity index (χ0n) is 15.3. The number of anilines is 1. The predicted molar refractivity (Wildman–Crippen MR) is 103 cm³/mol. The summed E-state index contributed by atoms with van der Waals surface area (Å²) in [6.07, 6.45) is 4.56. The number of Topliss-reactive ketones (excluding diaryl/α,β-unsaturated/α-hetero) is 1. The molecule has 1 unspecified atom stereocenters. The van der Waals surface area contributed by atoms with E-state index in [0.717, 1.165) is 28.1 Å². The molecule has 4 rings (SSSR count). The molecule has 0 saturated heterocycles. The van der Waals surface area contributed by atoms with Crippen molar-refractivity contribution in [1.82, 2.24) is 15.0 Å². The highest BCUT2D eigenvalue weighted by molar-refractivity contribution is 6.00. The Morgan fingerprint density at radius 2 is 1.93 bits per heavy atom. The third-order valence-corrected chi connectivity index (χ3v) is 5.02. The maximum atomic E-state index is 12.8. The molecule has 6 nitrogen and oxygen atoms in total. The lowest BCUT2D eigenvalue weighted by molar-refractivity contribution is 0.0962. The number of hydrogen-bond acceptors (Lipinski definition) is 6. The van der Waals surface area contributed by atoms with Crippen LogP contribution >= 0.6 is 0 Å². The number of nitrogens with zero attached hydrogens (tertiary/aromatic N) is 3. The van der Waals surface area contributed by atoms with E-state index in [1.165, 1.54) is 0 Å². The normalized spacial score (nSPS) is 16.1. The van der Waals surface area contributed by atoms with Gasteiger partial charge in [0.05, 0.1) is 24.1 Å². The summed E-state index contributed by atoms with van der Waals surface area (Å²) >= 11 is 0. The number of hydrogen-bond donors (Lipinski definition) is 1. The molecular weight excluding hydrogens is 340 g/mol. The van der Waals surface area contributed by atoms with Gasteiger partial charge in [0.1, 0.15) is 5.75 Å². The Balaban J connectivity index is 1.81. The van der Waals surface area contributed by atoms with Gasteiger partial charge in [-0.2, -0.15) is 0 Å². The first-order valence-electron chi connectivity index (χ1n) is 8.82. The molecule has 0 radical (unpaired) electrons. The Morgan fingerprint density at radius 3 is 2.74 bits per heavy atom. The number of carbonyl (C=O) groups excluding carboxylic acids is 1. The molecule has 1 aromatic carbocycles. The summed E-state index contributed by atoms with van der Waals surface area (Å²) in [6.45, 7) is 1.81. The predicted octanol–water partition coefficient (Wildman–Crippen LogP) is 3.35. The molecule has 0 bridgehead atoms. The molecule has 0 aliphatic heterocycles. The van der Waals surface area contributed by atoms with Gasteiger partial charge < -0.3 is 10.5 Å². The van der Waals surface area contributed by atoms with Crippen LogP contribution in [0.2, 0.25) is 0 Å². The summed E-state index contributed by atoms with van der Waals surface area (Å²) in [4.78, 5) is 25.5. The van der Waals surface area contributed by atoms with Crippen LogP contribution in [0.1, 0.15) is 39.6 Å².